The number of rotatable bonds is 4. The third-order valence-electron chi connectivity index (χ3n) is 5.23. The number of nitrogens with zero attached hydrogens (tertiary/aromatic N) is 3. The number of hydrogen-bond donors (Lipinski definition) is 1. The Hall–Kier alpha value is -2.86. The Morgan fingerprint density at radius 1 is 1.24 bits per heavy atom. The summed E-state index contributed by atoms with van der Waals surface area (Å²) < 4.78 is 1.42. The van der Waals surface area contributed by atoms with Crippen molar-refractivity contribution in [1.82, 2.24) is 9.55 Å². The second-order valence-electron chi connectivity index (χ2n) is 7.57. The summed E-state index contributed by atoms with van der Waals surface area (Å²) in [7, 11) is 0. The normalized spacial score (nSPS) is 16.8. The van der Waals surface area contributed by atoms with Crippen LogP contribution < -0.4 is 15.9 Å². The van der Waals surface area contributed by atoms with Crippen LogP contribution in [0.2, 0.25) is 5.02 Å². The summed E-state index contributed by atoms with van der Waals surface area (Å²) in [6.45, 7) is 3.88. The smallest absolute Gasteiger partial charge is 0.350 e. The number of aromatic nitrogens is 2. The number of amides is 1. The van der Waals surface area contributed by atoms with E-state index < -0.39 is 5.69 Å². The highest BCUT2D eigenvalue weighted by Crippen LogP contribution is 2.27. The van der Waals surface area contributed by atoms with Gasteiger partial charge in [-0.2, -0.15) is 4.98 Å². The van der Waals surface area contributed by atoms with Gasteiger partial charge in [0.15, 0.2) is 0 Å². The van der Waals surface area contributed by atoms with Gasteiger partial charge >= 0.3 is 5.69 Å². The van der Waals surface area contributed by atoms with Gasteiger partial charge in [0.2, 0.25) is 5.91 Å². The molecule has 0 saturated carbocycles. The van der Waals surface area contributed by atoms with Gasteiger partial charge in [-0.15, -0.1) is 0 Å². The number of anilines is 2. The minimum absolute atomic E-state index is 0.116. The van der Waals surface area contributed by atoms with Gasteiger partial charge in [0.05, 0.1) is 5.52 Å². The highest BCUT2D eigenvalue weighted by atomic mass is 35.5. The van der Waals surface area contributed by atoms with E-state index in [1.165, 1.54) is 11.0 Å². The standard InChI is InChI=1S/C22H23ClN4O2/c1-15-6-5-11-26(13-15)21-18-9-2-3-10-19(18)27(22(29)25-21)14-20(28)24-17-8-4-7-16(23)12-17/h2-4,7-10,12,15H,5-6,11,13-14H2,1H3,(H,24,28). The summed E-state index contributed by atoms with van der Waals surface area (Å²) in [4.78, 5) is 32.0. The zero-order valence-electron chi connectivity index (χ0n) is 16.3. The summed E-state index contributed by atoms with van der Waals surface area (Å²) in [6, 6.07) is 14.5. The van der Waals surface area contributed by atoms with Crippen LogP contribution >= 0.6 is 11.6 Å². The molecule has 0 radical (unpaired) electrons. The number of piperidine rings is 1. The van der Waals surface area contributed by atoms with Crippen LogP contribution in [0.3, 0.4) is 0 Å². The molecule has 2 heterocycles. The predicted octanol–water partition coefficient (Wildman–Crippen LogP) is 3.92. The van der Waals surface area contributed by atoms with Crippen molar-refractivity contribution in [2.24, 2.45) is 5.92 Å². The molecule has 1 aliphatic rings. The van der Waals surface area contributed by atoms with Gasteiger partial charge in [0.1, 0.15) is 12.4 Å². The maximum absolute atomic E-state index is 12.8. The maximum atomic E-state index is 12.8. The molecule has 3 aromatic rings. The molecule has 29 heavy (non-hydrogen) atoms. The molecule has 2 aromatic carbocycles. The largest absolute Gasteiger partial charge is 0.356 e. The number of benzene rings is 2. The molecule has 0 spiro atoms. The van der Waals surface area contributed by atoms with Crippen molar-refractivity contribution in [2.75, 3.05) is 23.3 Å². The summed E-state index contributed by atoms with van der Waals surface area (Å²) in [5, 5.41) is 4.21. The molecule has 0 bridgehead atoms. The quantitative estimate of drug-likeness (QED) is 0.707. The van der Waals surface area contributed by atoms with E-state index in [0.717, 1.165) is 24.9 Å². The van der Waals surface area contributed by atoms with E-state index in [4.69, 9.17) is 11.6 Å². The molecule has 150 valence electrons. The summed E-state index contributed by atoms with van der Waals surface area (Å²) >= 11 is 5.97. The predicted molar refractivity (Wildman–Crippen MR) is 117 cm³/mol. The number of fused-ring (bicyclic) bond motifs is 1. The van der Waals surface area contributed by atoms with Gasteiger partial charge < -0.3 is 10.2 Å². The monoisotopic (exact) mass is 410 g/mol. The van der Waals surface area contributed by atoms with Gasteiger partial charge in [-0.05, 0) is 49.1 Å². The third-order valence-corrected chi connectivity index (χ3v) is 5.47. The van der Waals surface area contributed by atoms with Crippen LogP contribution in [-0.4, -0.2) is 28.5 Å². The van der Waals surface area contributed by atoms with E-state index in [9.17, 15) is 9.59 Å². The van der Waals surface area contributed by atoms with Crippen molar-refractivity contribution < 1.29 is 4.79 Å². The van der Waals surface area contributed by atoms with E-state index in [2.05, 4.69) is 22.1 Å². The van der Waals surface area contributed by atoms with Crippen molar-refractivity contribution in [1.29, 1.82) is 0 Å². The fraction of sp³-hybridized carbons (Fsp3) is 0.318. The second kappa shape index (κ2) is 8.25. The lowest BCUT2D eigenvalue weighted by Crippen LogP contribution is -2.38. The van der Waals surface area contributed by atoms with Crippen molar-refractivity contribution in [3.05, 3.63) is 64.0 Å². The SMILES string of the molecule is CC1CCCN(c2nc(=O)n(CC(=O)Nc3cccc(Cl)c3)c3ccccc23)C1. The van der Waals surface area contributed by atoms with E-state index in [0.29, 0.717) is 28.0 Å². The second-order valence-corrected chi connectivity index (χ2v) is 8.01. The average molecular weight is 411 g/mol. The van der Waals surface area contributed by atoms with E-state index >= 15 is 0 Å². The first-order valence-electron chi connectivity index (χ1n) is 9.81. The topological polar surface area (TPSA) is 67.2 Å². The molecule has 0 aliphatic carbocycles. The summed E-state index contributed by atoms with van der Waals surface area (Å²) in [6.07, 6.45) is 2.28. The van der Waals surface area contributed by atoms with E-state index in [-0.39, 0.29) is 12.5 Å². The van der Waals surface area contributed by atoms with Crippen molar-refractivity contribution in [2.45, 2.75) is 26.3 Å². The Kier molecular flexibility index (Phi) is 5.53. The van der Waals surface area contributed by atoms with Crippen LogP contribution in [0.4, 0.5) is 11.5 Å². The molecular formula is C22H23ClN4O2. The van der Waals surface area contributed by atoms with E-state index in [1.54, 1.807) is 24.3 Å². The highest BCUT2D eigenvalue weighted by Gasteiger charge is 2.21. The summed E-state index contributed by atoms with van der Waals surface area (Å²) in [5.74, 6) is 0.972. The Labute approximate surface area is 174 Å². The zero-order chi connectivity index (χ0) is 20.4. The molecule has 1 fully saturated rings. The molecule has 1 N–H and O–H groups in total. The van der Waals surface area contributed by atoms with Crippen molar-refractivity contribution in [3.8, 4) is 0 Å². The average Bonchev–Trinajstić information content (AvgIpc) is 2.70. The molecule has 1 amide bonds. The number of halogens is 1. The van der Waals surface area contributed by atoms with Gasteiger partial charge in [-0.1, -0.05) is 36.7 Å². The van der Waals surface area contributed by atoms with Gasteiger partial charge in [-0.25, -0.2) is 4.79 Å². The number of nitrogens with one attached hydrogen (secondary N) is 1. The maximum Gasteiger partial charge on any atom is 0.350 e. The van der Waals surface area contributed by atoms with Crippen LogP contribution in [0.1, 0.15) is 19.8 Å². The first-order valence-corrected chi connectivity index (χ1v) is 10.2. The Bertz CT molecular complexity index is 1110. The van der Waals surface area contributed by atoms with Gasteiger partial charge in [-0.3, -0.25) is 9.36 Å². The van der Waals surface area contributed by atoms with Crippen molar-refractivity contribution in [3.63, 3.8) is 0 Å². The third kappa shape index (κ3) is 4.27. The lowest BCUT2D eigenvalue weighted by atomic mass is 10.00. The Morgan fingerprint density at radius 3 is 2.86 bits per heavy atom. The highest BCUT2D eigenvalue weighted by molar-refractivity contribution is 6.30. The first kappa shape index (κ1) is 19.5. The minimum atomic E-state index is -0.418. The molecule has 1 saturated heterocycles. The van der Waals surface area contributed by atoms with Gasteiger partial charge in [0, 0.05) is 29.2 Å². The molecule has 1 unspecified atom stereocenters. The molecular weight excluding hydrogens is 388 g/mol. The Morgan fingerprint density at radius 2 is 2.07 bits per heavy atom. The van der Waals surface area contributed by atoms with Crippen LogP contribution in [0.25, 0.3) is 10.9 Å². The zero-order valence-corrected chi connectivity index (χ0v) is 17.0. The van der Waals surface area contributed by atoms with Gasteiger partial charge in [0.25, 0.3) is 0 Å². The molecule has 1 aliphatic heterocycles. The number of carbonyl (C=O) groups excluding carboxylic acids is 1. The summed E-state index contributed by atoms with van der Waals surface area (Å²) in [5.41, 5.74) is 0.881. The lowest BCUT2D eigenvalue weighted by Gasteiger charge is -2.32. The lowest BCUT2D eigenvalue weighted by molar-refractivity contribution is -0.116. The van der Waals surface area contributed by atoms with Crippen LogP contribution in [0, 0.1) is 5.92 Å². The Balaban J connectivity index is 1.67. The number of hydrogen-bond acceptors (Lipinski definition) is 4. The van der Waals surface area contributed by atoms with Crippen molar-refractivity contribution >= 4 is 39.9 Å². The van der Waals surface area contributed by atoms with Crippen LogP contribution in [0.15, 0.2) is 53.3 Å². The molecule has 1 aromatic heterocycles. The van der Waals surface area contributed by atoms with Crippen LogP contribution in [-0.2, 0) is 11.3 Å². The first-order chi connectivity index (χ1) is 14.0. The fourth-order valence-electron chi connectivity index (χ4n) is 3.90. The number of para-hydroxylation sites is 1. The van der Waals surface area contributed by atoms with E-state index in [1.807, 2.05) is 24.3 Å². The molecule has 1 atom stereocenters. The number of carbonyl (C=O) groups is 1. The molecule has 6 nitrogen and oxygen atoms in total. The molecule has 4 rings (SSSR count). The minimum Gasteiger partial charge on any atom is -0.356 e. The fourth-order valence-corrected chi connectivity index (χ4v) is 4.09. The van der Waals surface area contributed by atoms with Crippen LogP contribution in [0.5, 0.6) is 0 Å². The molecule has 7 heteroatoms.